The zero-order chi connectivity index (χ0) is 24.2. The fourth-order valence-electron chi connectivity index (χ4n) is 4.85. The molecule has 1 amide bonds. The van der Waals surface area contributed by atoms with Gasteiger partial charge in [-0.15, -0.1) is 0 Å². The van der Waals surface area contributed by atoms with E-state index in [2.05, 4.69) is 64.2 Å². The summed E-state index contributed by atoms with van der Waals surface area (Å²) in [6.07, 6.45) is -2.78. The second-order valence-electron chi connectivity index (χ2n) is 9.98. The number of halogens is 4. The van der Waals surface area contributed by atoms with Crippen molar-refractivity contribution < 1.29 is 18.0 Å². The number of fused-ring (bicyclic) bond motifs is 1. The first-order chi connectivity index (χ1) is 15.2. The number of aromatic nitrogens is 2. The maximum atomic E-state index is 13.0. The van der Waals surface area contributed by atoms with Gasteiger partial charge in [0.05, 0.1) is 16.6 Å². The van der Waals surface area contributed by atoms with Gasteiger partial charge in [0.1, 0.15) is 5.82 Å². The number of hydrogen-bond acceptors (Lipinski definition) is 3. The Morgan fingerprint density at radius 3 is 2.36 bits per heavy atom. The number of benzene rings is 2. The van der Waals surface area contributed by atoms with Crippen molar-refractivity contribution in [1.82, 2.24) is 20.6 Å². The highest BCUT2D eigenvalue weighted by atomic mass is 79.9. The van der Waals surface area contributed by atoms with Crippen molar-refractivity contribution in [1.29, 1.82) is 0 Å². The number of nitrogens with one attached hydrogen (secondary N) is 3. The number of amides is 1. The minimum absolute atomic E-state index is 0.0420. The van der Waals surface area contributed by atoms with Crippen LogP contribution in [0.3, 0.4) is 0 Å². The van der Waals surface area contributed by atoms with Gasteiger partial charge in [0.2, 0.25) is 0 Å². The smallest absolute Gasteiger partial charge is 0.349 e. The number of carbonyl (C=O) groups excluding carboxylic acids is 1. The van der Waals surface area contributed by atoms with E-state index in [4.69, 9.17) is 0 Å². The number of rotatable bonds is 3. The van der Waals surface area contributed by atoms with Gasteiger partial charge < -0.3 is 15.6 Å². The first kappa shape index (κ1) is 23.8. The lowest BCUT2D eigenvalue weighted by Crippen LogP contribution is -2.62. The Labute approximate surface area is 198 Å². The minimum Gasteiger partial charge on any atom is -0.349 e. The van der Waals surface area contributed by atoms with E-state index in [-0.39, 0.29) is 23.0 Å². The van der Waals surface area contributed by atoms with Crippen LogP contribution in [-0.4, -0.2) is 33.0 Å². The largest absolute Gasteiger partial charge is 0.416 e. The molecule has 9 heteroatoms. The van der Waals surface area contributed by atoms with Gasteiger partial charge in [0, 0.05) is 32.7 Å². The van der Waals surface area contributed by atoms with E-state index in [1.54, 1.807) is 18.2 Å². The summed E-state index contributed by atoms with van der Waals surface area (Å²) in [5.41, 5.74) is 0.971. The van der Waals surface area contributed by atoms with Crippen molar-refractivity contribution in [3.8, 4) is 11.4 Å². The predicted molar refractivity (Wildman–Crippen MR) is 126 cm³/mol. The third-order valence-electron chi connectivity index (χ3n) is 5.82. The quantitative estimate of drug-likeness (QED) is 0.392. The van der Waals surface area contributed by atoms with Crippen molar-refractivity contribution >= 4 is 32.9 Å². The third-order valence-corrected chi connectivity index (χ3v) is 6.48. The van der Waals surface area contributed by atoms with Crippen molar-refractivity contribution in [2.24, 2.45) is 0 Å². The van der Waals surface area contributed by atoms with Crippen LogP contribution in [0.25, 0.3) is 22.4 Å². The molecule has 1 saturated heterocycles. The molecule has 1 aliphatic heterocycles. The summed E-state index contributed by atoms with van der Waals surface area (Å²) in [4.78, 5) is 20.3. The zero-order valence-corrected chi connectivity index (χ0v) is 20.4. The molecular formula is C24H26BrF3N4O. The van der Waals surface area contributed by atoms with Gasteiger partial charge in [0.25, 0.3) is 5.91 Å². The number of carbonyl (C=O) groups is 1. The molecule has 3 aromatic rings. The summed E-state index contributed by atoms with van der Waals surface area (Å²) < 4.78 is 39.6. The molecule has 1 aromatic heterocycles. The van der Waals surface area contributed by atoms with E-state index in [0.29, 0.717) is 32.5 Å². The Hall–Kier alpha value is -2.39. The first-order valence-electron chi connectivity index (χ1n) is 10.7. The number of H-pyrrole nitrogens is 1. The molecule has 1 fully saturated rings. The Bertz CT molecular complexity index is 1200. The molecule has 0 spiro atoms. The van der Waals surface area contributed by atoms with Gasteiger partial charge in [-0.05, 0) is 76.9 Å². The Kier molecular flexibility index (Phi) is 5.85. The Morgan fingerprint density at radius 1 is 1.09 bits per heavy atom. The summed E-state index contributed by atoms with van der Waals surface area (Å²) >= 11 is 3.49. The molecule has 0 bridgehead atoms. The van der Waals surface area contributed by atoms with Gasteiger partial charge >= 0.3 is 6.18 Å². The predicted octanol–water partition coefficient (Wildman–Crippen LogP) is 6.05. The Morgan fingerprint density at radius 2 is 1.76 bits per heavy atom. The normalized spacial score (nSPS) is 18.4. The molecule has 1 aliphatic rings. The summed E-state index contributed by atoms with van der Waals surface area (Å²) in [7, 11) is 0. The number of nitrogens with zero attached hydrogens (tertiary/aromatic N) is 1. The lowest BCUT2D eigenvalue weighted by Gasteiger charge is -2.46. The summed E-state index contributed by atoms with van der Waals surface area (Å²) in [5, 5.41) is 6.75. The van der Waals surface area contributed by atoms with Crippen LogP contribution in [0.4, 0.5) is 13.2 Å². The second-order valence-corrected chi connectivity index (χ2v) is 10.8. The highest BCUT2D eigenvalue weighted by Crippen LogP contribution is 2.34. The van der Waals surface area contributed by atoms with Crippen LogP contribution in [0.1, 0.15) is 56.5 Å². The summed E-state index contributed by atoms with van der Waals surface area (Å²) in [6.45, 7) is 8.51. The topological polar surface area (TPSA) is 69.8 Å². The number of alkyl halides is 3. The van der Waals surface area contributed by atoms with Gasteiger partial charge in [-0.25, -0.2) is 4.98 Å². The average molecular weight is 523 g/mol. The zero-order valence-electron chi connectivity index (χ0n) is 18.8. The van der Waals surface area contributed by atoms with Gasteiger partial charge in [-0.3, -0.25) is 4.79 Å². The monoisotopic (exact) mass is 522 g/mol. The minimum atomic E-state index is -4.42. The van der Waals surface area contributed by atoms with Crippen molar-refractivity contribution in [2.45, 2.75) is 63.8 Å². The van der Waals surface area contributed by atoms with E-state index >= 15 is 0 Å². The lowest BCUT2D eigenvalue weighted by molar-refractivity contribution is -0.137. The maximum absolute atomic E-state index is 13.0. The van der Waals surface area contributed by atoms with Crippen LogP contribution in [0, 0.1) is 0 Å². The number of piperidine rings is 1. The molecule has 0 aliphatic carbocycles. The SMILES string of the molecule is CC1(C)CC(NC(=O)c2ccc(-c3nc4ccc(C(F)(F)F)cc4[nH]3)c(Br)c2)CC(C)(C)N1. The van der Waals surface area contributed by atoms with Crippen molar-refractivity contribution in [3.63, 3.8) is 0 Å². The first-order valence-corrected chi connectivity index (χ1v) is 11.5. The van der Waals surface area contributed by atoms with Gasteiger partial charge in [-0.1, -0.05) is 15.9 Å². The van der Waals surface area contributed by atoms with Crippen LogP contribution in [0.15, 0.2) is 40.9 Å². The lowest BCUT2D eigenvalue weighted by atomic mass is 9.79. The van der Waals surface area contributed by atoms with Crippen LogP contribution in [-0.2, 0) is 6.18 Å². The maximum Gasteiger partial charge on any atom is 0.416 e. The molecule has 2 heterocycles. The van der Waals surface area contributed by atoms with Gasteiger partial charge in [0.15, 0.2) is 0 Å². The van der Waals surface area contributed by atoms with E-state index in [0.717, 1.165) is 25.0 Å². The van der Waals surface area contributed by atoms with E-state index in [9.17, 15) is 18.0 Å². The van der Waals surface area contributed by atoms with E-state index < -0.39 is 11.7 Å². The molecule has 33 heavy (non-hydrogen) atoms. The van der Waals surface area contributed by atoms with E-state index in [1.807, 2.05) is 0 Å². The van der Waals surface area contributed by atoms with Crippen LogP contribution < -0.4 is 10.6 Å². The van der Waals surface area contributed by atoms with Crippen LogP contribution in [0.2, 0.25) is 0 Å². The standard InChI is InChI=1S/C24H26BrF3N4O/c1-22(2)11-15(12-23(3,4)32-22)29-21(33)13-5-7-16(17(25)9-13)20-30-18-8-6-14(24(26,27)28)10-19(18)31-20/h5-10,15,32H,11-12H2,1-4H3,(H,29,33)(H,30,31). The molecule has 4 rings (SSSR count). The van der Waals surface area contributed by atoms with Gasteiger partial charge in [-0.2, -0.15) is 13.2 Å². The fourth-order valence-corrected chi connectivity index (χ4v) is 5.42. The fraction of sp³-hybridized carbons (Fsp3) is 0.417. The number of imidazole rings is 1. The third kappa shape index (κ3) is 5.24. The van der Waals surface area contributed by atoms with Crippen molar-refractivity contribution in [2.75, 3.05) is 0 Å². The van der Waals surface area contributed by atoms with E-state index in [1.165, 1.54) is 6.07 Å². The molecule has 5 nitrogen and oxygen atoms in total. The molecule has 0 unspecified atom stereocenters. The highest BCUT2D eigenvalue weighted by molar-refractivity contribution is 9.10. The molecule has 0 saturated carbocycles. The molecular weight excluding hydrogens is 497 g/mol. The molecule has 2 aromatic carbocycles. The second kappa shape index (κ2) is 8.13. The van der Waals surface area contributed by atoms with Crippen LogP contribution >= 0.6 is 15.9 Å². The number of hydrogen-bond donors (Lipinski definition) is 3. The molecule has 176 valence electrons. The highest BCUT2D eigenvalue weighted by Gasteiger charge is 2.38. The van der Waals surface area contributed by atoms with Crippen LogP contribution in [0.5, 0.6) is 0 Å². The summed E-state index contributed by atoms with van der Waals surface area (Å²) in [5.74, 6) is 0.255. The van der Waals surface area contributed by atoms with Crippen molar-refractivity contribution in [3.05, 3.63) is 52.0 Å². The molecule has 0 atom stereocenters. The molecule has 0 radical (unpaired) electrons. The Balaban J connectivity index is 1.55. The number of aromatic amines is 1. The average Bonchev–Trinajstić information content (AvgIpc) is 3.07. The molecule has 3 N–H and O–H groups in total. The summed E-state index contributed by atoms with van der Waals surface area (Å²) in [6, 6.07) is 8.58.